The van der Waals surface area contributed by atoms with E-state index in [0.717, 1.165) is 16.8 Å². The van der Waals surface area contributed by atoms with Crippen LogP contribution in [0.1, 0.15) is 23.6 Å². The van der Waals surface area contributed by atoms with Crippen LogP contribution in [0.3, 0.4) is 0 Å². The number of aliphatic imine (C=N–C) groups is 1. The van der Waals surface area contributed by atoms with Crippen LogP contribution < -0.4 is 0 Å². The number of nitrogens with zero attached hydrogens (tertiary/aromatic N) is 3. The SMILES string of the molecule is CC(=O)C(N=Nc1ccccc1)=Nc1c(C)cc(C)cc1C. The van der Waals surface area contributed by atoms with Gasteiger partial charge in [-0.2, -0.15) is 0 Å². The van der Waals surface area contributed by atoms with Gasteiger partial charge in [-0.15, -0.1) is 10.2 Å². The maximum atomic E-state index is 11.8. The zero-order chi connectivity index (χ0) is 16.1. The number of ketones is 1. The zero-order valence-electron chi connectivity index (χ0n) is 13.3. The molecule has 0 heterocycles. The van der Waals surface area contributed by atoms with Gasteiger partial charge in [0.25, 0.3) is 0 Å². The van der Waals surface area contributed by atoms with Crippen molar-refractivity contribution in [2.24, 2.45) is 15.2 Å². The normalized spacial score (nSPS) is 11.9. The minimum absolute atomic E-state index is 0.110. The molecule has 0 amide bonds. The monoisotopic (exact) mass is 293 g/mol. The number of carbonyl (C=O) groups excluding carboxylic acids is 1. The Labute approximate surface area is 130 Å². The van der Waals surface area contributed by atoms with Gasteiger partial charge in [-0.05, 0) is 44.0 Å². The van der Waals surface area contributed by atoms with Crippen LogP contribution in [0, 0.1) is 20.8 Å². The predicted octanol–water partition coefficient (Wildman–Crippen LogP) is 5.01. The number of benzene rings is 2. The van der Waals surface area contributed by atoms with E-state index in [9.17, 15) is 4.79 Å². The van der Waals surface area contributed by atoms with Crippen molar-refractivity contribution in [1.82, 2.24) is 0 Å². The van der Waals surface area contributed by atoms with Crippen LogP contribution in [0.15, 0.2) is 57.7 Å². The number of amidine groups is 1. The number of carbonyl (C=O) groups is 1. The lowest BCUT2D eigenvalue weighted by atomic mass is 10.1. The van der Waals surface area contributed by atoms with Gasteiger partial charge in [0, 0.05) is 6.92 Å². The van der Waals surface area contributed by atoms with Crippen LogP contribution >= 0.6 is 0 Å². The third-order valence-corrected chi connectivity index (χ3v) is 3.18. The average molecular weight is 293 g/mol. The van der Waals surface area contributed by atoms with E-state index in [-0.39, 0.29) is 11.6 Å². The molecule has 4 nitrogen and oxygen atoms in total. The highest BCUT2D eigenvalue weighted by Gasteiger charge is 2.09. The number of hydrogen-bond donors (Lipinski definition) is 0. The highest BCUT2D eigenvalue weighted by molar-refractivity contribution is 6.38. The standard InChI is InChI=1S/C18H19N3O/c1-12-10-13(2)17(14(3)11-12)19-18(15(4)22)21-20-16-8-6-5-7-9-16/h5-11H,1-4H3. The molecule has 2 rings (SSSR count). The minimum atomic E-state index is -0.209. The van der Waals surface area contributed by atoms with Gasteiger partial charge >= 0.3 is 0 Å². The van der Waals surface area contributed by atoms with Gasteiger partial charge in [0.05, 0.1) is 11.4 Å². The maximum Gasteiger partial charge on any atom is 0.218 e. The van der Waals surface area contributed by atoms with Gasteiger partial charge in [-0.3, -0.25) is 4.79 Å². The van der Waals surface area contributed by atoms with Crippen molar-refractivity contribution < 1.29 is 4.79 Å². The van der Waals surface area contributed by atoms with E-state index in [1.54, 1.807) is 0 Å². The number of azo groups is 1. The van der Waals surface area contributed by atoms with Crippen LogP contribution in [0.25, 0.3) is 0 Å². The molecule has 112 valence electrons. The molecule has 0 saturated carbocycles. The maximum absolute atomic E-state index is 11.8. The molecule has 0 fully saturated rings. The largest absolute Gasteiger partial charge is 0.291 e. The fourth-order valence-corrected chi connectivity index (χ4v) is 2.23. The number of Topliss-reactive ketones (excluding diaryl/α,β-unsaturated/α-hetero) is 1. The van der Waals surface area contributed by atoms with Gasteiger partial charge in [-0.25, -0.2) is 4.99 Å². The summed E-state index contributed by atoms with van der Waals surface area (Å²) in [5.74, 6) is -0.0991. The third-order valence-electron chi connectivity index (χ3n) is 3.18. The third kappa shape index (κ3) is 3.95. The van der Waals surface area contributed by atoms with Crippen molar-refractivity contribution in [1.29, 1.82) is 0 Å². The summed E-state index contributed by atoms with van der Waals surface area (Å²) in [7, 11) is 0. The Morgan fingerprint density at radius 1 is 0.955 bits per heavy atom. The highest BCUT2D eigenvalue weighted by atomic mass is 16.1. The van der Waals surface area contributed by atoms with Crippen LogP contribution in [-0.2, 0) is 4.79 Å². The molecule has 0 bridgehead atoms. The molecule has 0 atom stereocenters. The summed E-state index contributed by atoms with van der Waals surface area (Å²) >= 11 is 0. The molecule has 0 N–H and O–H groups in total. The average Bonchev–Trinajstić information content (AvgIpc) is 2.46. The lowest BCUT2D eigenvalue weighted by molar-refractivity contribution is -0.111. The lowest BCUT2D eigenvalue weighted by Crippen LogP contribution is -2.06. The van der Waals surface area contributed by atoms with Crippen molar-refractivity contribution in [2.75, 3.05) is 0 Å². The molecule has 0 aliphatic rings. The van der Waals surface area contributed by atoms with Crippen molar-refractivity contribution in [3.63, 3.8) is 0 Å². The Bertz CT molecular complexity index is 723. The second kappa shape index (κ2) is 6.89. The number of rotatable bonds is 3. The zero-order valence-corrected chi connectivity index (χ0v) is 13.3. The van der Waals surface area contributed by atoms with E-state index in [2.05, 4.69) is 15.2 Å². The molecule has 2 aromatic rings. The molecule has 2 aromatic carbocycles. The van der Waals surface area contributed by atoms with Crippen molar-refractivity contribution in [3.8, 4) is 0 Å². The Hall–Kier alpha value is -2.62. The molecule has 0 unspecified atom stereocenters. The summed E-state index contributed by atoms with van der Waals surface area (Å²) in [5.41, 5.74) is 4.68. The summed E-state index contributed by atoms with van der Waals surface area (Å²) in [5, 5.41) is 8.09. The first kappa shape index (κ1) is 15.8. The van der Waals surface area contributed by atoms with E-state index in [1.807, 2.05) is 63.2 Å². The first-order chi connectivity index (χ1) is 10.5. The second-order valence-electron chi connectivity index (χ2n) is 5.27. The fourth-order valence-electron chi connectivity index (χ4n) is 2.23. The Morgan fingerprint density at radius 2 is 1.55 bits per heavy atom. The van der Waals surface area contributed by atoms with Gasteiger partial charge in [0.15, 0.2) is 5.78 Å². The summed E-state index contributed by atoms with van der Waals surface area (Å²) in [4.78, 5) is 16.2. The molecule has 0 aliphatic carbocycles. The number of aryl methyl sites for hydroxylation is 3. The van der Waals surface area contributed by atoms with Gasteiger partial charge in [0.1, 0.15) is 0 Å². The summed E-state index contributed by atoms with van der Waals surface area (Å²) in [6.45, 7) is 7.44. The smallest absolute Gasteiger partial charge is 0.218 e. The molecule has 0 aliphatic heterocycles. The summed E-state index contributed by atoms with van der Waals surface area (Å²) in [6, 6.07) is 13.4. The first-order valence-electron chi connectivity index (χ1n) is 7.11. The van der Waals surface area contributed by atoms with E-state index in [0.29, 0.717) is 5.69 Å². The Morgan fingerprint density at radius 3 is 2.09 bits per heavy atom. The highest BCUT2D eigenvalue weighted by Crippen LogP contribution is 2.25. The van der Waals surface area contributed by atoms with Crippen LogP contribution in [0.4, 0.5) is 11.4 Å². The lowest BCUT2D eigenvalue weighted by Gasteiger charge is -2.07. The predicted molar refractivity (Wildman–Crippen MR) is 89.4 cm³/mol. The van der Waals surface area contributed by atoms with Crippen LogP contribution in [0.2, 0.25) is 0 Å². The van der Waals surface area contributed by atoms with E-state index in [1.165, 1.54) is 12.5 Å². The second-order valence-corrected chi connectivity index (χ2v) is 5.27. The topological polar surface area (TPSA) is 54.1 Å². The van der Waals surface area contributed by atoms with E-state index < -0.39 is 0 Å². The van der Waals surface area contributed by atoms with Gasteiger partial charge in [0.2, 0.25) is 5.84 Å². The van der Waals surface area contributed by atoms with Crippen LogP contribution in [0.5, 0.6) is 0 Å². The molecule has 0 spiro atoms. The molecule has 0 radical (unpaired) electrons. The number of hydrogen-bond acceptors (Lipinski definition) is 3. The minimum Gasteiger partial charge on any atom is -0.291 e. The Balaban J connectivity index is 2.41. The molecular formula is C18H19N3O. The first-order valence-corrected chi connectivity index (χ1v) is 7.11. The van der Waals surface area contributed by atoms with Crippen molar-refractivity contribution in [2.45, 2.75) is 27.7 Å². The molecule has 22 heavy (non-hydrogen) atoms. The van der Waals surface area contributed by atoms with E-state index in [4.69, 9.17) is 0 Å². The molecule has 4 heteroatoms. The quantitative estimate of drug-likeness (QED) is 0.445. The van der Waals surface area contributed by atoms with Crippen molar-refractivity contribution >= 4 is 23.0 Å². The molecule has 0 saturated heterocycles. The fraction of sp³-hybridized carbons (Fsp3) is 0.222. The van der Waals surface area contributed by atoms with Gasteiger partial charge < -0.3 is 0 Å². The summed E-state index contributed by atoms with van der Waals surface area (Å²) < 4.78 is 0. The van der Waals surface area contributed by atoms with E-state index >= 15 is 0 Å². The molecular weight excluding hydrogens is 274 g/mol. The summed E-state index contributed by atoms with van der Waals surface area (Å²) in [6.07, 6.45) is 0. The van der Waals surface area contributed by atoms with Crippen molar-refractivity contribution in [3.05, 3.63) is 59.2 Å². The van der Waals surface area contributed by atoms with Crippen LogP contribution in [-0.4, -0.2) is 11.6 Å². The molecule has 0 aromatic heterocycles. The van der Waals surface area contributed by atoms with Gasteiger partial charge in [-0.1, -0.05) is 35.9 Å². The Kier molecular flexibility index (Phi) is 4.94.